The van der Waals surface area contributed by atoms with E-state index in [4.69, 9.17) is 0 Å². The number of rotatable bonds is 3. The number of nitrogens with zero attached hydrogens (tertiary/aromatic N) is 6. The van der Waals surface area contributed by atoms with Crippen LogP contribution in [0, 0.1) is 0 Å². The highest BCUT2D eigenvalue weighted by Crippen LogP contribution is 2.19. The van der Waals surface area contributed by atoms with Crippen LogP contribution >= 0.6 is 0 Å². The van der Waals surface area contributed by atoms with E-state index in [1.807, 2.05) is 35.2 Å². The van der Waals surface area contributed by atoms with Gasteiger partial charge in [0.15, 0.2) is 5.69 Å². The number of likely N-dealkylation sites (tertiary alicyclic amines) is 1. The number of hydrogen-bond donors (Lipinski definition) is 0. The lowest BCUT2D eigenvalue weighted by molar-refractivity contribution is 0.0106. The predicted octanol–water partition coefficient (Wildman–Crippen LogP) is 0.339. The van der Waals surface area contributed by atoms with Crippen molar-refractivity contribution in [1.82, 2.24) is 29.7 Å². The number of aromatic nitrogens is 3. The third-order valence-electron chi connectivity index (χ3n) is 4.90. The van der Waals surface area contributed by atoms with Gasteiger partial charge < -0.3 is 9.80 Å². The molecule has 4 rings (SSSR count). The van der Waals surface area contributed by atoms with Crippen molar-refractivity contribution in [2.45, 2.75) is 6.04 Å². The minimum atomic E-state index is -0.0254. The lowest BCUT2D eigenvalue weighted by Crippen LogP contribution is -2.64. The molecule has 126 valence electrons. The number of piperazine rings is 1. The third kappa shape index (κ3) is 2.92. The van der Waals surface area contributed by atoms with E-state index >= 15 is 0 Å². The summed E-state index contributed by atoms with van der Waals surface area (Å²) in [6, 6.07) is 10.1. The van der Waals surface area contributed by atoms with Crippen LogP contribution in [0.1, 0.15) is 10.5 Å². The maximum absolute atomic E-state index is 12.5. The van der Waals surface area contributed by atoms with Gasteiger partial charge in [-0.15, -0.1) is 5.10 Å². The number of benzene rings is 1. The predicted molar refractivity (Wildman–Crippen MR) is 90.1 cm³/mol. The number of para-hydroxylation sites is 1. The number of carbonyl (C=O) groups is 1. The average molecular weight is 326 g/mol. The molecule has 0 radical (unpaired) electrons. The highest BCUT2D eigenvalue weighted by atomic mass is 16.2. The summed E-state index contributed by atoms with van der Waals surface area (Å²) in [7, 11) is 2.16. The Morgan fingerprint density at radius 3 is 2.50 bits per heavy atom. The summed E-state index contributed by atoms with van der Waals surface area (Å²) < 4.78 is 0. The van der Waals surface area contributed by atoms with Gasteiger partial charge in [-0.1, -0.05) is 18.2 Å². The molecule has 0 bridgehead atoms. The van der Waals surface area contributed by atoms with Gasteiger partial charge in [-0.25, -0.2) is 0 Å². The molecule has 1 amide bonds. The Hall–Kier alpha value is -2.25. The summed E-state index contributed by atoms with van der Waals surface area (Å²) >= 11 is 0. The highest BCUT2D eigenvalue weighted by Gasteiger charge is 2.36. The molecule has 0 unspecified atom stereocenters. The Balaban J connectivity index is 1.35. The van der Waals surface area contributed by atoms with E-state index in [-0.39, 0.29) is 5.91 Å². The van der Waals surface area contributed by atoms with Crippen LogP contribution in [0.2, 0.25) is 0 Å². The quantitative estimate of drug-likeness (QED) is 0.814. The van der Waals surface area contributed by atoms with Gasteiger partial charge >= 0.3 is 0 Å². The molecule has 2 aliphatic rings. The summed E-state index contributed by atoms with van der Waals surface area (Å²) in [5.74, 6) is -0.0254. The summed E-state index contributed by atoms with van der Waals surface area (Å²) in [5, 5.41) is 8.53. The zero-order valence-electron chi connectivity index (χ0n) is 13.9. The molecule has 7 heteroatoms. The molecule has 2 fully saturated rings. The van der Waals surface area contributed by atoms with Crippen LogP contribution in [0.4, 0.5) is 0 Å². The smallest absolute Gasteiger partial charge is 0.276 e. The molecule has 2 saturated heterocycles. The first kappa shape index (κ1) is 15.3. The van der Waals surface area contributed by atoms with E-state index in [1.165, 1.54) is 4.80 Å². The first-order valence-electron chi connectivity index (χ1n) is 8.40. The van der Waals surface area contributed by atoms with E-state index in [2.05, 4.69) is 27.0 Å². The Morgan fingerprint density at radius 2 is 1.79 bits per heavy atom. The zero-order chi connectivity index (χ0) is 16.5. The van der Waals surface area contributed by atoms with Crippen molar-refractivity contribution >= 4 is 5.91 Å². The van der Waals surface area contributed by atoms with E-state index in [0.717, 1.165) is 45.0 Å². The Labute approximate surface area is 141 Å². The second-order valence-corrected chi connectivity index (χ2v) is 6.56. The molecule has 0 aliphatic carbocycles. The van der Waals surface area contributed by atoms with Gasteiger partial charge in [0, 0.05) is 45.3 Å². The van der Waals surface area contributed by atoms with Crippen LogP contribution in [0.25, 0.3) is 5.69 Å². The molecule has 24 heavy (non-hydrogen) atoms. The van der Waals surface area contributed by atoms with E-state index in [1.54, 1.807) is 6.20 Å². The molecule has 7 nitrogen and oxygen atoms in total. The van der Waals surface area contributed by atoms with Gasteiger partial charge in [-0.3, -0.25) is 9.69 Å². The Bertz CT molecular complexity index is 701. The maximum Gasteiger partial charge on any atom is 0.276 e. The molecule has 0 spiro atoms. The molecule has 0 N–H and O–H groups in total. The molecule has 2 aliphatic heterocycles. The van der Waals surface area contributed by atoms with Gasteiger partial charge in [0.1, 0.15) is 0 Å². The fourth-order valence-electron chi connectivity index (χ4n) is 3.25. The van der Waals surface area contributed by atoms with Crippen molar-refractivity contribution in [1.29, 1.82) is 0 Å². The van der Waals surface area contributed by atoms with Crippen molar-refractivity contribution in [3.8, 4) is 5.69 Å². The minimum absolute atomic E-state index is 0.0254. The monoisotopic (exact) mass is 326 g/mol. The first-order chi connectivity index (χ1) is 11.7. The largest absolute Gasteiger partial charge is 0.334 e. The number of carbonyl (C=O) groups excluding carboxylic acids is 1. The molecule has 1 aromatic heterocycles. The normalized spacial score (nSPS) is 20.1. The fraction of sp³-hybridized carbons (Fsp3) is 0.471. The topological polar surface area (TPSA) is 57.5 Å². The van der Waals surface area contributed by atoms with Gasteiger partial charge in [0.25, 0.3) is 5.91 Å². The number of amides is 1. The van der Waals surface area contributed by atoms with E-state index in [0.29, 0.717) is 11.7 Å². The fourth-order valence-corrected chi connectivity index (χ4v) is 3.25. The second kappa shape index (κ2) is 6.33. The molecule has 1 aromatic carbocycles. The van der Waals surface area contributed by atoms with Crippen LogP contribution in [-0.2, 0) is 0 Å². The second-order valence-electron chi connectivity index (χ2n) is 6.56. The Kier molecular flexibility index (Phi) is 4.03. The molecule has 3 heterocycles. The van der Waals surface area contributed by atoms with Crippen molar-refractivity contribution in [2.75, 3.05) is 46.3 Å². The van der Waals surface area contributed by atoms with Crippen LogP contribution in [0.15, 0.2) is 36.5 Å². The summed E-state index contributed by atoms with van der Waals surface area (Å²) in [4.78, 5) is 20.7. The van der Waals surface area contributed by atoms with Crippen LogP contribution in [-0.4, -0.2) is 88.0 Å². The van der Waals surface area contributed by atoms with Gasteiger partial charge in [-0.2, -0.15) is 9.90 Å². The standard InChI is InChI=1S/C17H22N6O/c1-20-7-9-21(10-8-20)15-12-22(13-15)17(24)16-11-18-23(19-16)14-5-3-2-4-6-14/h2-6,11,15H,7-10,12-13H2,1H3. The summed E-state index contributed by atoms with van der Waals surface area (Å²) in [6.07, 6.45) is 1.55. The summed E-state index contributed by atoms with van der Waals surface area (Å²) in [6.45, 7) is 5.98. The lowest BCUT2D eigenvalue weighted by Gasteiger charge is -2.47. The maximum atomic E-state index is 12.5. The molecular formula is C17H22N6O. The molecular weight excluding hydrogens is 304 g/mol. The molecule has 2 aromatic rings. The lowest BCUT2D eigenvalue weighted by atomic mass is 10.1. The van der Waals surface area contributed by atoms with Crippen molar-refractivity contribution in [2.24, 2.45) is 0 Å². The average Bonchev–Trinajstić information content (AvgIpc) is 3.06. The van der Waals surface area contributed by atoms with Crippen LogP contribution < -0.4 is 0 Å². The van der Waals surface area contributed by atoms with Crippen molar-refractivity contribution in [3.05, 3.63) is 42.2 Å². The van der Waals surface area contributed by atoms with E-state index < -0.39 is 0 Å². The number of hydrogen-bond acceptors (Lipinski definition) is 5. The summed E-state index contributed by atoms with van der Waals surface area (Å²) in [5.41, 5.74) is 1.27. The van der Waals surface area contributed by atoms with Gasteiger partial charge in [0.05, 0.1) is 11.9 Å². The SMILES string of the molecule is CN1CCN(C2CN(C(=O)c3cnn(-c4ccccc4)n3)C2)CC1. The van der Waals surface area contributed by atoms with Crippen molar-refractivity contribution in [3.63, 3.8) is 0 Å². The third-order valence-corrected chi connectivity index (χ3v) is 4.90. The van der Waals surface area contributed by atoms with E-state index in [9.17, 15) is 4.79 Å². The van der Waals surface area contributed by atoms with Crippen LogP contribution in [0.3, 0.4) is 0 Å². The minimum Gasteiger partial charge on any atom is -0.334 e. The zero-order valence-corrected chi connectivity index (χ0v) is 13.9. The number of likely N-dealkylation sites (N-methyl/N-ethyl adjacent to an activating group) is 1. The van der Waals surface area contributed by atoms with Crippen LogP contribution in [0.5, 0.6) is 0 Å². The van der Waals surface area contributed by atoms with Crippen molar-refractivity contribution < 1.29 is 4.79 Å². The Morgan fingerprint density at radius 1 is 1.08 bits per heavy atom. The molecule has 0 saturated carbocycles. The first-order valence-corrected chi connectivity index (χ1v) is 8.40. The van der Waals surface area contributed by atoms with Gasteiger partial charge in [-0.05, 0) is 19.2 Å². The molecule has 0 atom stereocenters. The van der Waals surface area contributed by atoms with Gasteiger partial charge in [0.2, 0.25) is 0 Å². The highest BCUT2D eigenvalue weighted by molar-refractivity contribution is 5.92.